The van der Waals surface area contributed by atoms with E-state index in [1.54, 1.807) is 6.92 Å². The number of likely N-dealkylation sites (N-methyl/N-ethyl adjacent to an activating group) is 1. The Morgan fingerprint density at radius 3 is 2.24 bits per heavy atom. The van der Waals surface area contributed by atoms with Gasteiger partial charge < -0.3 is 9.38 Å². The Labute approximate surface area is 105 Å². The number of phosphoric ester groups is 1. The van der Waals surface area contributed by atoms with E-state index in [9.17, 15) is 9.46 Å². The summed E-state index contributed by atoms with van der Waals surface area (Å²) in [6, 6.07) is 0.437. The highest BCUT2D eigenvalue weighted by molar-refractivity contribution is 7.47. The van der Waals surface area contributed by atoms with Crippen LogP contribution in [0.25, 0.3) is 0 Å². The van der Waals surface area contributed by atoms with E-state index in [1.165, 1.54) is 0 Å². The van der Waals surface area contributed by atoms with E-state index < -0.39 is 7.82 Å². The first kappa shape index (κ1) is 17.1. The second-order valence-electron chi connectivity index (χ2n) is 5.22. The predicted molar refractivity (Wildman–Crippen MR) is 68.7 cm³/mol. The molecule has 17 heavy (non-hydrogen) atoms. The van der Waals surface area contributed by atoms with Crippen LogP contribution in [-0.2, 0) is 13.6 Å². The van der Waals surface area contributed by atoms with Crippen molar-refractivity contribution in [1.82, 2.24) is 0 Å². The highest BCUT2D eigenvalue weighted by Crippen LogP contribution is 2.44. The first-order valence-corrected chi connectivity index (χ1v) is 7.58. The van der Waals surface area contributed by atoms with E-state index in [-0.39, 0.29) is 12.7 Å². The van der Waals surface area contributed by atoms with Gasteiger partial charge in [-0.25, -0.2) is 4.57 Å². The molecule has 0 fully saturated rings. The topological polar surface area (TPSA) is 55.8 Å². The van der Waals surface area contributed by atoms with Crippen LogP contribution in [0, 0.1) is 0 Å². The summed E-state index contributed by atoms with van der Waals surface area (Å²) in [6.07, 6.45) is 0.417. The lowest BCUT2D eigenvalue weighted by atomic mass is 10.3. The van der Waals surface area contributed by atoms with Crippen LogP contribution in [0.3, 0.4) is 0 Å². The summed E-state index contributed by atoms with van der Waals surface area (Å²) in [4.78, 5) is 9.46. The van der Waals surface area contributed by atoms with Crippen LogP contribution < -0.4 is 0 Å². The Morgan fingerprint density at radius 1 is 1.29 bits per heavy atom. The molecule has 2 atom stereocenters. The second kappa shape index (κ2) is 6.86. The van der Waals surface area contributed by atoms with Gasteiger partial charge in [0.2, 0.25) is 0 Å². The highest BCUT2D eigenvalue weighted by atomic mass is 31.2. The SMILES string of the molecule is CCC(C)OP(=O)(O)OCC[N+](C)(C)C(C)C. The van der Waals surface area contributed by atoms with Gasteiger partial charge in [0, 0.05) is 0 Å². The summed E-state index contributed by atoms with van der Waals surface area (Å²) < 4.78 is 22.2. The van der Waals surface area contributed by atoms with Crippen molar-refractivity contribution >= 4 is 7.82 Å². The van der Waals surface area contributed by atoms with Crippen molar-refractivity contribution in [2.75, 3.05) is 27.2 Å². The average Bonchev–Trinajstić information content (AvgIpc) is 2.15. The third kappa shape index (κ3) is 7.17. The van der Waals surface area contributed by atoms with Gasteiger partial charge in [0.25, 0.3) is 0 Å². The molecular weight excluding hydrogens is 241 g/mol. The van der Waals surface area contributed by atoms with Crippen molar-refractivity contribution in [3.63, 3.8) is 0 Å². The highest BCUT2D eigenvalue weighted by Gasteiger charge is 2.26. The minimum Gasteiger partial charge on any atom is -0.325 e. The Bertz CT molecular complexity index is 268. The maximum atomic E-state index is 11.5. The van der Waals surface area contributed by atoms with Crippen molar-refractivity contribution in [1.29, 1.82) is 0 Å². The number of phosphoric acid groups is 1. The van der Waals surface area contributed by atoms with Crippen LogP contribution in [0.4, 0.5) is 0 Å². The lowest BCUT2D eigenvalue weighted by Crippen LogP contribution is -2.47. The van der Waals surface area contributed by atoms with Gasteiger partial charge in [-0.05, 0) is 27.2 Å². The minimum absolute atomic E-state index is 0.218. The molecular formula is C11H27NO4P+. The van der Waals surface area contributed by atoms with E-state index >= 15 is 0 Å². The number of hydrogen-bond acceptors (Lipinski definition) is 3. The Kier molecular flexibility index (Phi) is 6.89. The molecule has 0 aliphatic carbocycles. The lowest BCUT2D eigenvalue weighted by molar-refractivity contribution is -0.911. The minimum atomic E-state index is -3.89. The van der Waals surface area contributed by atoms with E-state index in [0.29, 0.717) is 19.0 Å². The van der Waals surface area contributed by atoms with Gasteiger partial charge >= 0.3 is 7.82 Å². The quantitative estimate of drug-likeness (QED) is 0.542. The molecule has 0 radical (unpaired) electrons. The molecule has 0 spiro atoms. The lowest BCUT2D eigenvalue weighted by Gasteiger charge is -2.34. The smallest absolute Gasteiger partial charge is 0.325 e. The van der Waals surface area contributed by atoms with Crippen LogP contribution in [0.1, 0.15) is 34.1 Å². The molecule has 0 bridgehead atoms. The van der Waals surface area contributed by atoms with Gasteiger partial charge in [-0.1, -0.05) is 6.92 Å². The molecule has 0 amide bonds. The van der Waals surface area contributed by atoms with Crippen LogP contribution in [0.5, 0.6) is 0 Å². The molecule has 2 unspecified atom stereocenters. The standard InChI is InChI=1S/C11H26NO4P/c1-7-11(4)16-17(13,14)15-9-8-12(5,6)10(2)3/h10-11H,7-9H2,1-6H3/p+1. The Balaban J connectivity index is 4.07. The van der Waals surface area contributed by atoms with Crippen LogP contribution in [-0.4, -0.2) is 48.8 Å². The van der Waals surface area contributed by atoms with Crippen molar-refractivity contribution in [3.05, 3.63) is 0 Å². The van der Waals surface area contributed by atoms with Crippen LogP contribution in [0.15, 0.2) is 0 Å². The summed E-state index contributed by atoms with van der Waals surface area (Å²) in [5.41, 5.74) is 0. The molecule has 104 valence electrons. The van der Waals surface area contributed by atoms with Gasteiger partial charge in [-0.2, -0.15) is 0 Å². The average molecular weight is 268 g/mol. The van der Waals surface area contributed by atoms with Gasteiger partial charge in [-0.15, -0.1) is 0 Å². The van der Waals surface area contributed by atoms with E-state index in [1.807, 2.05) is 6.92 Å². The monoisotopic (exact) mass is 268 g/mol. The fourth-order valence-electron chi connectivity index (χ4n) is 0.982. The van der Waals surface area contributed by atoms with Crippen molar-refractivity contribution in [3.8, 4) is 0 Å². The second-order valence-corrected chi connectivity index (χ2v) is 6.63. The zero-order valence-electron chi connectivity index (χ0n) is 11.8. The molecule has 0 saturated carbocycles. The summed E-state index contributed by atoms with van der Waals surface area (Å²) in [6.45, 7) is 8.74. The molecule has 0 aromatic heterocycles. The molecule has 0 rings (SSSR count). The summed E-state index contributed by atoms with van der Waals surface area (Å²) in [5.74, 6) is 0. The summed E-state index contributed by atoms with van der Waals surface area (Å²) >= 11 is 0. The van der Waals surface area contributed by atoms with Crippen LogP contribution in [0.2, 0.25) is 0 Å². The number of quaternary nitrogens is 1. The first-order valence-electron chi connectivity index (χ1n) is 6.09. The fraction of sp³-hybridized carbons (Fsp3) is 1.00. The van der Waals surface area contributed by atoms with Gasteiger partial charge in [0.15, 0.2) is 0 Å². The Morgan fingerprint density at radius 2 is 1.82 bits per heavy atom. The summed E-state index contributed by atoms with van der Waals surface area (Å²) in [7, 11) is 0.231. The largest absolute Gasteiger partial charge is 0.472 e. The van der Waals surface area contributed by atoms with Crippen molar-refractivity contribution in [2.24, 2.45) is 0 Å². The fourth-order valence-corrected chi connectivity index (χ4v) is 1.96. The molecule has 6 heteroatoms. The Hall–Kier alpha value is 0.0700. The zero-order valence-corrected chi connectivity index (χ0v) is 12.7. The molecule has 0 heterocycles. The molecule has 0 aliphatic rings. The van der Waals surface area contributed by atoms with Crippen molar-refractivity contribution in [2.45, 2.75) is 46.3 Å². The molecule has 0 aliphatic heterocycles. The number of nitrogens with zero attached hydrogens (tertiary/aromatic N) is 1. The first-order chi connectivity index (χ1) is 7.60. The van der Waals surface area contributed by atoms with E-state index in [4.69, 9.17) is 9.05 Å². The summed E-state index contributed by atoms with van der Waals surface area (Å²) in [5, 5.41) is 0. The normalized spacial score (nSPS) is 18.1. The molecule has 5 nitrogen and oxygen atoms in total. The molecule has 0 saturated heterocycles. The van der Waals surface area contributed by atoms with Gasteiger partial charge in [-0.3, -0.25) is 9.05 Å². The maximum Gasteiger partial charge on any atom is 0.472 e. The van der Waals surface area contributed by atoms with E-state index in [2.05, 4.69) is 27.9 Å². The van der Waals surface area contributed by atoms with Gasteiger partial charge in [0.1, 0.15) is 13.2 Å². The maximum absolute atomic E-state index is 11.5. The molecule has 0 aromatic rings. The third-order valence-corrected chi connectivity index (χ3v) is 4.34. The number of hydrogen-bond donors (Lipinski definition) is 1. The van der Waals surface area contributed by atoms with Gasteiger partial charge in [0.05, 0.1) is 26.2 Å². The third-order valence-electron chi connectivity index (χ3n) is 3.21. The number of rotatable bonds is 8. The molecule has 0 aromatic carbocycles. The zero-order chi connectivity index (χ0) is 13.7. The predicted octanol–water partition coefficient (Wildman–Crippen LogP) is 2.40. The van der Waals surface area contributed by atoms with E-state index in [0.717, 1.165) is 4.48 Å². The molecule has 1 N–H and O–H groups in total. The van der Waals surface area contributed by atoms with Crippen LogP contribution >= 0.6 is 7.82 Å². The van der Waals surface area contributed by atoms with Crippen molar-refractivity contribution < 1.29 is 23.0 Å².